The smallest absolute Gasteiger partial charge is 0.0954 e. The van der Waals surface area contributed by atoms with E-state index in [9.17, 15) is 5.11 Å². The quantitative estimate of drug-likeness (QED) is 0.303. The highest BCUT2D eigenvalue weighted by Crippen LogP contribution is 2.25. The summed E-state index contributed by atoms with van der Waals surface area (Å²) < 4.78 is 0. The Hall–Kier alpha value is -0.570. The van der Waals surface area contributed by atoms with Crippen LogP contribution in [-0.4, -0.2) is 22.1 Å². The monoisotopic (exact) mass is 339 g/mol. The molecule has 1 rings (SSSR count). The molecule has 2 N–H and O–H groups in total. The van der Waals surface area contributed by atoms with Gasteiger partial charge in [0.1, 0.15) is 0 Å². The van der Waals surface area contributed by atoms with Crippen LogP contribution in [0.4, 0.5) is 0 Å². The van der Waals surface area contributed by atoms with Crippen LogP contribution in [0.15, 0.2) is 5.16 Å². The molecule has 0 bridgehead atoms. The third-order valence-electron chi connectivity index (χ3n) is 5.61. The lowest BCUT2D eigenvalue weighted by atomic mass is 9.88. The Kier molecular flexibility index (Phi) is 13.2. The van der Waals surface area contributed by atoms with Crippen LogP contribution >= 0.6 is 0 Å². The Bertz CT molecular complexity index is 317. The molecule has 0 radical (unpaired) electrons. The minimum absolute atomic E-state index is 0.534. The van der Waals surface area contributed by atoms with E-state index in [1.54, 1.807) is 0 Å². The molecule has 24 heavy (non-hydrogen) atoms. The SMILES string of the molecule is CCCCCCCCCC1CCCCCCC(=NO)C(O)CCC1. The van der Waals surface area contributed by atoms with Crippen molar-refractivity contribution in [1.82, 2.24) is 0 Å². The maximum Gasteiger partial charge on any atom is 0.0954 e. The summed E-state index contributed by atoms with van der Waals surface area (Å²) in [6.07, 6.45) is 20.6. The number of nitrogens with zero attached hydrogens (tertiary/aromatic N) is 1. The van der Waals surface area contributed by atoms with Gasteiger partial charge in [-0.05, 0) is 25.2 Å². The van der Waals surface area contributed by atoms with Crippen molar-refractivity contribution < 1.29 is 10.3 Å². The van der Waals surface area contributed by atoms with Gasteiger partial charge in [-0.3, -0.25) is 0 Å². The molecule has 1 aliphatic rings. The standard InChI is InChI=1S/C21H41NO2/c1-2-3-4-5-6-7-10-14-19-15-11-8-9-12-17-20(22-24)21(23)18-13-16-19/h19,21,23-24H,2-18H2,1H3. The van der Waals surface area contributed by atoms with Gasteiger partial charge in [0, 0.05) is 0 Å². The zero-order chi connectivity index (χ0) is 17.5. The number of hydrogen-bond acceptors (Lipinski definition) is 3. The lowest BCUT2D eigenvalue weighted by Crippen LogP contribution is -2.21. The van der Waals surface area contributed by atoms with Crippen molar-refractivity contribution in [3.63, 3.8) is 0 Å². The molecule has 0 aromatic heterocycles. The molecule has 0 spiro atoms. The van der Waals surface area contributed by atoms with E-state index < -0.39 is 6.10 Å². The third kappa shape index (κ3) is 10.3. The van der Waals surface area contributed by atoms with Crippen LogP contribution in [0.3, 0.4) is 0 Å². The number of oxime groups is 1. The highest BCUT2D eigenvalue weighted by Gasteiger charge is 2.16. The summed E-state index contributed by atoms with van der Waals surface area (Å²) in [5, 5.41) is 22.6. The average Bonchev–Trinajstić information content (AvgIpc) is 2.58. The zero-order valence-electron chi connectivity index (χ0n) is 16.0. The maximum absolute atomic E-state index is 10.2. The van der Waals surface area contributed by atoms with Crippen molar-refractivity contribution >= 4 is 5.71 Å². The molecule has 0 heterocycles. The van der Waals surface area contributed by atoms with Crippen LogP contribution in [-0.2, 0) is 0 Å². The number of aliphatic hydroxyl groups excluding tert-OH is 1. The van der Waals surface area contributed by atoms with E-state index >= 15 is 0 Å². The summed E-state index contributed by atoms with van der Waals surface area (Å²) in [4.78, 5) is 0. The van der Waals surface area contributed by atoms with Gasteiger partial charge in [0.2, 0.25) is 0 Å². The summed E-state index contributed by atoms with van der Waals surface area (Å²) in [5.41, 5.74) is 0.596. The lowest BCUT2D eigenvalue weighted by Gasteiger charge is -2.19. The van der Waals surface area contributed by atoms with Crippen LogP contribution in [0.25, 0.3) is 0 Å². The summed E-state index contributed by atoms with van der Waals surface area (Å²) in [5.74, 6) is 0.835. The highest BCUT2D eigenvalue weighted by atomic mass is 16.4. The molecule has 2 unspecified atom stereocenters. The molecule has 0 saturated heterocycles. The molecule has 0 aromatic rings. The lowest BCUT2D eigenvalue weighted by molar-refractivity contribution is 0.207. The van der Waals surface area contributed by atoms with Gasteiger partial charge in [0.15, 0.2) is 0 Å². The largest absolute Gasteiger partial charge is 0.411 e. The summed E-state index contributed by atoms with van der Waals surface area (Å²) in [6, 6.07) is 0. The molecule has 1 fully saturated rings. The van der Waals surface area contributed by atoms with Crippen LogP contribution in [0, 0.1) is 5.92 Å². The second-order valence-electron chi connectivity index (χ2n) is 7.77. The fourth-order valence-corrected chi connectivity index (χ4v) is 3.97. The Labute approximate surface area is 149 Å². The Morgan fingerprint density at radius 1 is 0.833 bits per heavy atom. The predicted molar refractivity (Wildman–Crippen MR) is 103 cm³/mol. The van der Waals surface area contributed by atoms with Crippen molar-refractivity contribution in [2.45, 2.75) is 122 Å². The zero-order valence-corrected chi connectivity index (χ0v) is 16.0. The molecule has 142 valence electrons. The van der Waals surface area contributed by atoms with Crippen LogP contribution in [0.5, 0.6) is 0 Å². The van der Waals surface area contributed by atoms with Crippen molar-refractivity contribution in [3.05, 3.63) is 0 Å². The fraction of sp³-hybridized carbons (Fsp3) is 0.952. The van der Waals surface area contributed by atoms with Gasteiger partial charge in [-0.15, -0.1) is 0 Å². The normalized spacial score (nSPS) is 26.0. The second-order valence-corrected chi connectivity index (χ2v) is 7.77. The van der Waals surface area contributed by atoms with Crippen molar-refractivity contribution in [2.75, 3.05) is 0 Å². The van der Waals surface area contributed by atoms with E-state index in [4.69, 9.17) is 5.21 Å². The topological polar surface area (TPSA) is 52.8 Å². The minimum Gasteiger partial charge on any atom is -0.411 e. The average molecular weight is 340 g/mol. The first-order chi connectivity index (χ1) is 11.8. The van der Waals surface area contributed by atoms with Gasteiger partial charge in [-0.2, -0.15) is 0 Å². The summed E-state index contributed by atoms with van der Waals surface area (Å²) >= 11 is 0. The molecular weight excluding hydrogens is 298 g/mol. The summed E-state index contributed by atoms with van der Waals surface area (Å²) in [7, 11) is 0. The Morgan fingerprint density at radius 2 is 1.50 bits per heavy atom. The molecule has 0 aromatic carbocycles. The minimum atomic E-state index is -0.534. The fourth-order valence-electron chi connectivity index (χ4n) is 3.97. The number of hydrogen-bond donors (Lipinski definition) is 2. The van der Waals surface area contributed by atoms with E-state index in [0.717, 1.165) is 31.6 Å². The van der Waals surface area contributed by atoms with E-state index in [1.165, 1.54) is 83.5 Å². The van der Waals surface area contributed by atoms with Crippen LogP contribution in [0.1, 0.15) is 116 Å². The maximum atomic E-state index is 10.2. The molecular formula is C21H41NO2. The number of unbranched alkanes of at least 4 members (excludes halogenated alkanes) is 6. The molecule has 0 amide bonds. The van der Waals surface area contributed by atoms with E-state index in [0.29, 0.717) is 5.71 Å². The second kappa shape index (κ2) is 14.7. The van der Waals surface area contributed by atoms with Crippen LogP contribution in [0.2, 0.25) is 0 Å². The highest BCUT2D eigenvalue weighted by molar-refractivity contribution is 5.87. The first-order valence-corrected chi connectivity index (χ1v) is 10.7. The van der Waals surface area contributed by atoms with Gasteiger partial charge >= 0.3 is 0 Å². The first-order valence-electron chi connectivity index (χ1n) is 10.7. The van der Waals surface area contributed by atoms with Gasteiger partial charge in [-0.1, -0.05) is 102 Å². The molecule has 2 atom stereocenters. The summed E-state index contributed by atoms with van der Waals surface area (Å²) in [6.45, 7) is 2.27. The molecule has 3 heteroatoms. The van der Waals surface area contributed by atoms with Crippen molar-refractivity contribution in [2.24, 2.45) is 11.1 Å². The first kappa shape index (κ1) is 21.5. The van der Waals surface area contributed by atoms with E-state index in [2.05, 4.69) is 12.1 Å². The molecule has 0 aliphatic heterocycles. The Morgan fingerprint density at radius 3 is 2.25 bits per heavy atom. The number of aliphatic hydroxyl groups is 1. The van der Waals surface area contributed by atoms with Crippen molar-refractivity contribution in [3.8, 4) is 0 Å². The molecule has 1 saturated carbocycles. The van der Waals surface area contributed by atoms with Gasteiger partial charge in [-0.25, -0.2) is 0 Å². The van der Waals surface area contributed by atoms with Gasteiger partial charge in [0.05, 0.1) is 11.8 Å². The van der Waals surface area contributed by atoms with E-state index in [1.807, 2.05) is 0 Å². The van der Waals surface area contributed by atoms with Crippen LogP contribution < -0.4 is 0 Å². The van der Waals surface area contributed by atoms with Gasteiger partial charge < -0.3 is 10.3 Å². The molecule has 3 nitrogen and oxygen atoms in total. The predicted octanol–water partition coefficient (Wildman–Crippen LogP) is 6.46. The number of rotatable bonds is 8. The third-order valence-corrected chi connectivity index (χ3v) is 5.61. The Balaban J connectivity index is 2.25. The van der Waals surface area contributed by atoms with E-state index in [-0.39, 0.29) is 0 Å². The van der Waals surface area contributed by atoms with Gasteiger partial charge in [0.25, 0.3) is 0 Å². The van der Waals surface area contributed by atoms with Crippen molar-refractivity contribution in [1.29, 1.82) is 0 Å². The molecule has 1 aliphatic carbocycles.